The SMILES string of the molecule is Cc1ccc(C2CC(=O)C(C=NCCC3CCOCC3)=C(O)C2)cc1. The number of rotatable bonds is 5. The van der Waals surface area contributed by atoms with Gasteiger partial charge in [-0.2, -0.15) is 0 Å². The summed E-state index contributed by atoms with van der Waals surface area (Å²) in [6.07, 6.45) is 5.75. The van der Waals surface area contributed by atoms with E-state index in [4.69, 9.17) is 4.74 Å². The maximum atomic E-state index is 12.4. The Bertz CT molecular complexity index is 654. The van der Waals surface area contributed by atoms with Crippen LogP contribution < -0.4 is 0 Å². The van der Waals surface area contributed by atoms with E-state index < -0.39 is 0 Å². The van der Waals surface area contributed by atoms with Crippen LogP contribution >= 0.6 is 0 Å². The Kier molecular flexibility index (Phi) is 6.03. The monoisotopic (exact) mass is 341 g/mol. The Labute approximate surface area is 149 Å². The largest absolute Gasteiger partial charge is 0.511 e. The van der Waals surface area contributed by atoms with Gasteiger partial charge < -0.3 is 9.84 Å². The molecule has 134 valence electrons. The maximum absolute atomic E-state index is 12.4. The van der Waals surface area contributed by atoms with Gasteiger partial charge in [-0.1, -0.05) is 29.8 Å². The Balaban J connectivity index is 1.57. The fraction of sp³-hybridized carbons (Fsp3) is 0.524. The van der Waals surface area contributed by atoms with Crippen LogP contribution in [-0.2, 0) is 9.53 Å². The second kappa shape index (κ2) is 8.43. The van der Waals surface area contributed by atoms with Crippen molar-refractivity contribution in [2.75, 3.05) is 19.8 Å². The van der Waals surface area contributed by atoms with Crippen LogP contribution in [0.3, 0.4) is 0 Å². The molecule has 1 aromatic carbocycles. The van der Waals surface area contributed by atoms with Gasteiger partial charge in [-0.05, 0) is 43.6 Å². The predicted molar refractivity (Wildman–Crippen MR) is 99.3 cm³/mol. The summed E-state index contributed by atoms with van der Waals surface area (Å²) in [4.78, 5) is 16.8. The third-order valence-electron chi connectivity index (χ3n) is 5.26. The van der Waals surface area contributed by atoms with Crippen LogP contribution in [0.15, 0.2) is 40.6 Å². The van der Waals surface area contributed by atoms with Gasteiger partial charge in [0, 0.05) is 38.8 Å². The fourth-order valence-electron chi connectivity index (χ4n) is 3.58. The van der Waals surface area contributed by atoms with Crippen molar-refractivity contribution in [2.24, 2.45) is 10.9 Å². The molecule has 1 aliphatic carbocycles. The van der Waals surface area contributed by atoms with E-state index in [-0.39, 0.29) is 17.5 Å². The number of nitrogens with zero attached hydrogens (tertiary/aromatic N) is 1. The zero-order valence-electron chi connectivity index (χ0n) is 14.9. The minimum Gasteiger partial charge on any atom is -0.511 e. The standard InChI is InChI=1S/C21H27NO3/c1-15-2-4-17(5-3-15)18-12-20(23)19(21(24)13-18)14-22-9-6-16-7-10-25-11-8-16/h2-5,14,16,18,23H,6-13H2,1H3. The molecule has 25 heavy (non-hydrogen) atoms. The van der Waals surface area contributed by atoms with Gasteiger partial charge in [0.15, 0.2) is 5.78 Å². The minimum atomic E-state index is -0.0101. The van der Waals surface area contributed by atoms with Crippen molar-refractivity contribution < 1.29 is 14.6 Å². The first-order valence-electron chi connectivity index (χ1n) is 9.23. The molecular formula is C21H27NO3. The first-order chi connectivity index (χ1) is 12.1. The van der Waals surface area contributed by atoms with Gasteiger partial charge in [-0.25, -0.2) is 0 Å². The van der Waals surface area contributed by atoms with Gasteiger partial charge in [-0.15, -0.1) is 0 Å². The highest BCUT2D eigenvalue weighted by atomic mass is 16.5. The first-order valence-corrected chi connectivity index (χ1v) is 9.23. The maximum Gasteiger partial charge on any atom is 0.168 e. The number of carbonyl (C=O) groups is 1. The number of carbonyl (C=O) groups excluding carboxylic acids is 1. The van der Waals surface area contributed by atoms with Crippen molar-refractivity contribution in [1.29, 1.82) is 0 Å². The third-order valence-corrected chi connectivity index (χ3v) is 5.26. The molecule has 0 aromatic heterocycles. The van der Waals surface area contributed by atoms with Crippen molar-refractivity contribution in [3.05, 3.63) is 46.7 Å². The summed E-state index contributed by atoms with van der Waals surface area (Å²) in [7, 11) is 0. The molecule has 3 rings (SSSR count). The van der Waals surface area contributed by atoms with Crippen LogP contribution in [0.5, 0.6) is 0 Å². The molecule has 1 aromatic rings. The van der Waals surface area contributed by atoms with Crippen molar-refractivity contribution in [2.45, 2.75) is 44.9 Å². The van der Waals surface area contributed by atoms with Gasteiger partial charge in [0.25, 0.3) is 0 Å². The molecule has 1 aliphatic heterocycles. The third kappa shape index (κ3) is 4.79. The van der Waals surface area contributed by atoms with E-state index >= 15 is 0 Å². The lowest BCUT2D eigenvalue weighted by Crippen LogP contribution is -2.19. The smallest absolute Gasteiger partial charge is 0.168 e. The Morgan fingerprint density at radius 2 is 1.92 bits per heavy atom. The molecule has 0 radical (unpaired) electrons. The van der Waals surface area contributed by atoms with Crippen LogP contribution in [0, 0.1) is 12.8 Å². The number of ether oxygens (including phenoxy) is 1. The van der Waals surface area contributed by atoms with Gasteiger partial charge in [0.1, 0.15) is 5.76 Å². The number of aliphatic imine (C=N–C) groups is 1. The second-order valence-electron chi connectivity index (χ2n) is 7.18. The number of aliphatic hydroxyl groups is 1. The van der Waals surface area contributed by atoms with Gasteiger partial charge in [0.05, 0.1) is 5.57 Å². The van der Waals surface area contributed by atoms with E-state index in [0.29, 0.717) is 30.9 Å². The van der Waals surface area contributed by atoms with E-state index in [1.54, 1.807) is 6.21 Å². The fourth-order valence-corrected chi connectivity index (χ4v) is 3.58. The Hall–Kier alpha value is -1.94. The zero-order valence-corrected chi connectivity index (χ0v) is 14.9. The zero-order chi connectivity index (χ0) is 17.6. The number of aryl methyl sites for hydroxylation is 1. The quantitative estimate of drug-likeness (QED) is 0.819. The Morgan fingerprint density at radius 3 is 2.60 bits per heavy atom. The van der Waals surface area contributed by atoms with Crippen molar-refractivity contribution in [3.63, 3.8) is 0 Å². The molecule has 0 bridgehead atoms. The summed E-state index contributed by atoms with van der Waals surface area (Å²) in [5, 5.41) is 10.3. The number of Topliss-reactive ketones (excluding diaryl/α,β-unsaturated/α-hetero) is 1. The van der Waals surface area contributed by atoms with Crippen LogP contribution in [-0.4, -0.2) is 36.9 Å². The van der Waals surface area contributed by atoms with Crippen LogP contribution in [0.4, 0.5) is 0 Å². The molecule has 2 aliphatic rings. The van der Waals surface area contributed by atoms with Crippen molar-refractivity contribution >= 4 is 12.0 Å². The number of ketones is 1. The molecule has 1 atom stereocenters. The van der Waals surface area contributed by atoms with Crippen molar-refractivity contribution in [3.8, 4) is 0 Å². The van der Waals surface area contributed by atoms with Gasteiger partial charge in [-0.3, -0.25) is 9.79 Å². The molecule has 1 fully saturated rings. The molecule has 1 heterocycles. The molecule has 0 amide bonds. The molecule has 4 nitrogen and oxygen atoms in total. The lowest BCUT2D eigenvalue weighted by molar-refractivity contribution is -0.116. The molecule has 4 heteroatoms. The van der Waals surface area contributed by atoms with Gasteiger partial charge >= 0.3 is 0 Å². The van der Waals surface area contributed by atoms with Crippen LogP contribution in [0.2, 0.25) is 0 Å². The van der Waals surface area contributed by atoms with Crippen molar-refractivity contribution in [1.82, 2.24) is 0 Å². The van der Waals surface area contributed by atoms with E-state index in [2.05, 4.69) is 4.99 Å². The Morgan fingerprint density at radius 1 is 1.20 bits per heavy atom. The van der Waals surface area contributed by atoms with E-state index in [1.807, 2.05) is 31.2 Å². The lowest BCUT2D eigenvalue weighted by atomic mass is 9.83. The number of allylic oxidation sites excluding steroid dienone is 2. The van der Waals surface area contributed by atoms with E-state index in [1.165, 1.54) is 5.56 Å². The minimum absolute atomic E-state index is 0.0101. The summed E-state index contributed by atoms with van der Waals surface area (Å²) >= 11 is 0. The topological polar surface area (TPSA) is 58.9 Å². The number of aliphatic hydroxyl groups excluding tert-OH is 1. The summed E-state index contributed by atoms with van der Waals surface area (Å²) in [5.41, 5.74) is 2.71. The summed E-state index contributed by atoms with van der Waals surface area (Å²) in [6.45, 7) is 4.44. The lowest BCUT2D eigenvalue weighted by Gasteiger charge is -2.22. The van der Waals surface area contributed by atoms with Crippen LogP contribution in [0.25, 0.3) is 0 Å². The normalized spacial score (nSPS) is 22.8. The molecule has 0 spiro atoms. The predicted octanol–water partition coefficient (Wildman–Crippen LogP) is 4.14. The highest BCUT2D eigenvalue weighted by molar-refractivity contribution is 6.14. The van der Waals surface area contributed by atoms with E-state index in [9.17, 15) is 9.90 Å². The number of benzene rings is 1. The summed E-state index contributed by atoms with van der Waals surface area (Å²) < 4.78 is 5.36. The summed E-state index contributed by atoms with van der Waals surface area (Å²) in [5.74, 6) is 0.898. The first kappa shape index (κ1) is 17.9. The van der Waals surface area contributed by atoms with Gasteiger partial charge in [0.2, 0.25) is 0 Å². The number of hydrogen-bond donors (Lipinski definition) is 1. The molecule has 1 unspecified atom stereocenters. The molecule has 1 saturated heterocycles. The molecule has 1 N–H and O–H groups in total. The second-order valence-corrected chi connectivity index (χ2v) is 7.18. The van der Waals surface area contributed by atoms with Crippen LogP contribution in [0.1, 0.15) is 49.1 Å². The molecular weight excluding hydrogens is 314 g/mol. The average Bonchev–Trinajstić information content (AvgIpc) is 2.62. The summed E-state index contributed by atoms with van der Waals surface area (Å²) in [6, 6.07) is 8.20. The average molecular weight is 341 g/mol. The highest BCUT2D eigenvalue weighted by Gasteiger charge is 2.27. The molecule has 0 saturated carbocycles. The number of hydrogen-bond acceptors (Lipinski definition) is 4. The van der Waals surface area contributed by atoms with E-state index in [0.717, 1.165) is 38.0 Å². The highest BCUT2D eigenvalue weighted by Crippen LogP contribution is 2.33.